The van der Waals surface area contributed by atoms with Crippen LogP contribution in [0.25, 0.3) is 32.8 Å². The first-order chi connectivity index (χ1) is 12.1. The molecule has 0 amide bonds. The summed E-state index contributed by atoms with van der Waals surface area (Å²) < 4.78 is 16.2. The Labute approximate surface area is 145 Å². The van der Waals surface area contributed by atoms with Gasteiger partial charge in [0.15, 0.2) is 6.20 Å². The van der Waals surface area contributed by atoms with E-state index in [0.29, 0.717) is 0 Å². The van der Waals surface area contributed by atoms with E-state index >= 15 is 0 Å². The van der Waals surface area contributed by atoms with Gasteiger partial charge in [0.05, 0.1) is 5.56 Å². The highest BCUT2D eigenvalue weighted by Gasteiger charge is 2.32. The average molecular weight is 329 g/mol. The van der Waals surface area contributed by atoms with Crippen LogP contribution in [-0.4, -0.2) is 7.05 Å². The van der Waals surface area contributed by atoms with Crippen LogP contribution >= 0.6 is 0 Å². The van der Waals surface area contributed by atoms with Crippen molar-refractivity contribution in [3.8, 4) is 11.3 Å². The molecule has 1 aliphatic rings. The third kappa shape index (κ3) is 1.81. The Bertz CT molecular complexity index is 1190. The van der Waals surface area contributed by atoms with E-state index in [1.54, 1.807) is 6.07 Å². The number of anilines is 2. The maximum Gasteiger partial charge on any atom is 0.237 e. The molecule has 3 aromatic carbocycles. The molecule has 5 rings (SSSR count). The molecule has 0 saturated carbocycles. The van der Waals surface area contributed by atoms with Crippen molar-refractivity contribution >= 4 is 32.9 Å². The first-order valence-electron chi connectivity index (χ1n) is 8.44. The number of fused-ring (bicyclic) bond motifs is 4. The largest absolute Gasteiger partial charge is 0.338 e. The quantitative estimate of drug-likeness (QED) is 0.411. The molecule has 25 heavy (non-hydrogen) atoms. The Balaban J connectivity index is 2.07. The summed E-state index contributed by atoms with van der Waals surface area (Å²) in [7, 11) is 4.14. The molecule has 0 N–H and O–H groups in total. The normalized spacial score (nSPS) is 12.7. The zero-order chi connectivity index (χ0) is 17.3. The smallest absolute Gasteiger partial charge is 0.237 e. The average Bonchev–Trinajstić information content (AvgIpc) is 2.60. The predicted molar refractivity (Wildman–Crippen MR) is 101 cm³/mol. The van der Waals surface area contributed by atoms with Gasteiger partial charge >= 0.3 is 0 Å². The lowest BCUT2D eigenvalue weighted by atomic mass is 9.89. The molecule has 0 bridgehead atoms. The molecule has 2 heterocycles. The maximum atomic E-state index is 14.0. The van der Waals surface area contributed by atoms with E-state index in [9.17, 15) is 4.39 Å². The van der Waals surface area contributed by atoms with Gasteiger partial charge in [-0.2, -0.15) is 4.57 Å². The Morgan fingerprint density at radius 1 is 1.00 bits per heavy atom. The number of nitrogens with zero attached hydrogens (tertiary/aromatic N) is 2. The first kappa shape index (κ1) is 14.4. The topological polar surface area (TPSA) is 7.12 Å². The molecule has 3 heteroatoms. The van der Waals surface area contributed by atoms with E-state index < -0.39 is 0 Å². The number of benzene rings is 3. The molecular formula is C22H18FN2+. The number of rotatable bonds is 0. The van der Waals surface area contributed by atoms with E-state index in [4.69, 9.17) is 0 Å². The van der Waals surface area contributed by atoms with E-state index in [1.807, 2.05) is 6.07 Å². The number of hydrogen-bond acceptors (Lipinski definition) is 1. The van der Waals surface area contributed by atoms with Crippen LogP contribution in [0.1, 0.15) is 5.56 Å². The molecule has 0 atom stereocenters. The lowest BCUT2D eigenvalue weighted by Gasteiger charge is -2.30. The van der Waals surface area contributed by atoms with Crippen molar-refractivity contribution in [1.29, 1.82) is 0 Å². The first-order valence-corrected chi connectivity index (χ1v) is 8.44. The zero-order valence-electron chi connectivity index (χ0n) is 14.5. The molecule has 0 fully saturated rings. The van der Waals surface area contributed by atoms with Gasteiger partial charge in [0.25, 0.3) is 0 Å². The summed E-state index contributed by atoms with van der Waals surface area (Å²) in [6.07, 6.45) is 2.09. The van der Waals surface area contributed by atoms with Crippen LogP contribution < -0.4 is 9.47 Å². The fraction of sp³-hybridized carbons (Fsp3) is 0.136. The van der Waals surface area contributed by atoms with E-state index in [-0.39, 0.29) is 5.82 Å². The van der Waals surface area contributed by atoms with E-state index in [0.717, 1.165) is 22.2 Å². The lowest BCUT2D eigenvalue weighted by molar-refractivity contribution is -0.658. The highest BCUT2D eigenvalue weighted by atomic mass is 19.1. The minimum atomic E-state index is -0.203. The summed E-state index contributed by atoms with van der Waals surface area (Å²) in [4.78, 5) is 2.20. The molecule has 2 nitrogen and oxygen atoms in total. The van der Waals surface area contributed by atoms with Gasteiger partial charge < -0.3 is 4.90 Å². The number of aryl methyl sites for hydroxylation is 2. The van der Waals surface area contributed by atoms with Crippen LogP contribution in [0.5, 0.6) is 0 Å². The second-order valence-corrected chi connectivity index (χ2v) is 6.86. The van der Waals surface area contributed by atoms with Crippen molar-refractivity contribution in [2.75, 3.05) is 11.9 Å². The number of aromatic nitrogens is 1. The van der Waals surface area contributed by atoms with Gasteiger partial charge in [-0.05, 0) is 42.1 Å². The van der Waals surface area contributed by atoms with Gasteiger partial charge in [-0.25, -0.2) is 4.39 Å². The van der Waals surface area contributed by atoms with Gasteiger partial charge in [-0.15, -0.1) is 0 Å². The molecule has 0 saturated heterocycles. The summed E-state index contributed by atoms with van der Waals surface area (Å²) in [5, 5.41) is 4.49. The summed E-state index contributed by atoms with van der Waals surface area (Å²) in [6, 6.07) is 15.8. The zero-order valence-corrected chi connectivity index (χ0v) is 14.5. The molecule has 1 aliphatic heterocycles. The van der Waals surface area contributed by atoms with Crippen molar-refractivity contribution in [3.63, 3.8) is 0 Å². The van der Waals surface area contributed by atoms with Crippen LogP contribution in [0.2, 0.25) is 0 Å². The lowest BCUT2D eigenvalue weighted by Crippen LogP contribution is -2.34. The third-order valence-corrected chi connectivity index (χ3v) is 5.35. The summed E-state index contributed by atoms with van der Waals surface area (Å²) >= 11 is 0. The molecule has 0 aliphatic carbocycles. The standard InChI is InChI=1S/C22H18FN2/c1-13-7-8-14-5-4-6-18-20(14)19(13)22-21(25(18)3)17-11-16(23)10-9-15(17)12-24(22)2/h4-12H,1-3H3/q+1. The van der Waals surface area contributed by atoms with Crippen LogP contribution in [0.3, 0.4) is 0 Å². The minimum Gasteiger partial charge on any atom is -0.338 e. The van der Waals surface area contributed by atoms with E-state index in [2.05, 4.69) is 67.0 Å². The van der Waals surface area contributed by atoms with E-state index in [1.165, 1.54) is 33.7 Å². The van der Waals surface area contributed by atoms with Crippen molar-refractivity contribution in [3.05, 3.63) is 66.1 Å². The Kier molecular flexibility index (Phi) is 2.76. The van der Waals surface area contributed by atoms with Crippen molar-refractivity contribution in [2.24, 2.45) is 7.05 Å². The summed E-state index contributed by atoms with van der Waals surface area (Å²) in [5.41, 5.74) is 5.85. The number of pyridine rings is 1. The Hall–Kier alpha value is -2.94. The van der Waals surface area contributed by atoms with Gasteiger partial charge in [-0.1, -0.05) is 24.3 Å². The van der Waals surface area contributed by atoms with Crippen LogP contribution in [0.4, 0.5) is 15.8 Å². The Morgan fingerprint density at radius 3 is 2.64 bits per heavy atom. The van der Waals surface area contributed by atoms with Crippen molar-refractivity contribution in [1.82, 2.24) is 0 Å². The van der Waals surface area contributed by atoms with Gasteiger partial charge in [-0.3, -0.25) is 0 Å². The number of halogens is 1. The maximum absolute atomic E-state index is 14.0. The molecule has 0 radical (unpaired) electrons. The minimum absolute atomic E-state index is 0.203. The molecule has 0 unspecified atom stereocenters. The highest BCUT2D eigenvalue weighted by molar-refractivity contribution is 6.15. The fourth-order valence-corrected chi connectivity index (χ4v) is 4.22. The summed E-state index contributed by atoms with van der Waals surface area (Å²) in [6.45, 7) is 2.15. The van der Waals surface area contributed by atoms with Crippen LogP contribution in [0, 0.1) is 12.7 Å². The van der Waals surface area contributed by atoms with Crippen molar-refractivity contribution in [2.45, 2.75) is 6.92 Å². The van der Waals surface area contributed by atoms with Crippen LogP contribution in [-0.2, 0) is 7.05 Å². The SMILES string of the molecule is Cc1ccc2cccc3c2c1-c1c(c2cc(F)ccc2c[n+]1C)N3C. The van der Waals surface area contributed by atoms with Crippen molar-refractivity contribution < 1.29 is 8.96 Å². The molecule has 4 aromatic rings. The number of hydrogen-bond donors (Lipinski definition) is 0. The highest BCUT2D eigenvalue weighted by Crippen LogP contribution is 2.48. The fourth-order valence-electron chi connectivity index (χ4n) is 4.22. The molecular weight excluding hydrogens is 311 g/mol. The summed E-state index contributed by atoms with van der Waals surface area (Å²) in [5.74, 6) is -0.203. The monoisotopic (exact) mass is 329 g/mol. The van der Waals surface area contributed by atoms with Gasteiger partial charge in [0.1, 0.15) is 18.6 Å². The van der Waals surface area contributed by atoms with Gasteiger partial charge in [0.2, 0.25) is 5.69 Å². The second kappa shape index (κ2) is 4.79. The van der Waals surface area contributed by atoms with Gasteiger partial charge in [0, 0.05) is 28.9 Å². The predicted octanol–water partition coefficient (Wildman–Crippen LogP) is 5.01. The molecule has 0 spiro atoms. The third-order valence-electron chi connectivity index (χ3n) is 5.35. The van der Waals surface area contributed by atoms with Crippen LogP contribution in [0.15, 0.2) is 54.7 Å². The molecule has 122 valence electrons. The molecule has 1 aromatic heterocycles. The Morgan fingerprint density at radius 2 is 1.80 bits per heavy atom. The second-order valence-electron chi connectivity index (χ2n) is 6.86.